The normalized spacial score (nSPS) is 15.2. The van der Waals surface area contributed by atoms with E-state index in [1.165, 1.54) is 10.4 Å². The highest BCUT2D eigenvalue weighted by Crippen LogP contribution is 2.58. The molecule has 0 saturated carbocycles. The first-order chi connectivity index (χ1) is 24.0. The predicted molar refractivity (Wildman–Crippen MR) is 200 cm³/mol. The van der Waals surface area contributed by atoms with Gasteiger partial charge in [-0.15, -0.1) is 22.7 Å². The number of carbonyl (C=O) groups excluding carboxylic acids is 1. The Bertz CT molecular complexity index is 1980. The molecule has 2 aromatic heterocycles. The van der Waals surface area contributed by atoms with Gasteiger partial charge in [0.15, 0.2) is 18.1 Å². The second-order valence-electron chi connectivity index (χ2n) is 12.8. The van der Waals surface area contributed by atoms with Crippen molar-refractivity contribution >= 4 is 52.1 Å². The van der Waals surface area contributed by atoms with E-state index in [9.17, 15) is 20.6 Å². The number of allylic oxidation sites excluding steroid dienone is 2. The lowest BCUT2D eigenvalue weighted by Gasteiger charge is -2.38. The number of nitriles is 3. The van der Waals surface area contributed by atoms with Gasteiger partial charge >= 0.3 is 5.97 Å². The fourth-order valence-electron chi connectivity index (χ4n) is 6.33. The lowest BCUT2D eigenvalue weighted by atomic mass is 9.82. The first-order valence-corrected chi connectivity index (χ1v) is 18.3. The van der Waals surface area contributed by atoms with E-state index in [4.69, 9.17) is 14.2 Å². The van der Waals surface area contributed by atoms with Gasteiger partial charge in [0.05, 0.1) is 9.75 Å². The third-order valence-electron chi connectivity index (χ3n) is 8.91. The molecule has 0 bridgehead atoms. The van der Waals surface area contributed by atoms with Crippen molar-refractivity contribution in [1.29, 1.82) is 15.8 Å². The fraction of sp³-hybridized carbons (Fsp3) is 0.350. The number of rotatable bonds is 13. The van der Waals surface area contributed by atoms with E-state index in [0.717, 1.165) is 76.2 Å². The molecule has 5 rings (SSSR count). The van der Waals surface area contributed by atoms with Crippen LogP contribution in [0.4, 0.5) is 5.69 Å². The molecule has 0 fully saturated rings. The van der Waals surface area contributed by atoms with Gasteiger partial charge in [0.1, 0.15) is 40.7 Å². The summed E-state index contributed by atoms with van der Waals surface area (Å²) < 4.78 is 18.3. The van der Waals surface area contributed by atoms with Gasteiger partial charge in [-0.05, 0) is 75.4 Å². The zero-order chi connectivity index (χ0) is 36.1. The van der Waals surface area contributed by atoms with Crippen LogP contribution in [0.15, 0.2) is 66.0 Å². The molecule has 2 aliphatic rings. The Labute approximate surface area is 302 Å². The minimum atomic E-state index is -0.930. The summed E-state index contributed by atoms with van der Waals surface area (Å²) in [4.78, 5) is 17.4. The van der Waals surface area contributed by atoms with Crippen molar-refractivity contribution in [3.05, 3.63) is 86.8 Å². The average molecular weight is 705 g/mol. The molecule has 0 saturated heterocycles. The van der Waals surface area contributed by atoms with E-state index < -0.39 is 17.2 Å². The van der Waals surface area contributed by atoms with Crippen LogP contribution in [0.1, 0.15) is 87.1 Å². The number of carbonyl (C=O) groups is 1. The molecule has 0 atom stereocenters. The van der Waals surface area contributed by atoms with Crippen LogP contribution < -0.4 is 9.64 Å². The maximum Gasteiger partial charge on any atom is 0.331 e. The summed E-state index contributed by atoms with van der Waals surface area (Å²) in [5.41, 5.74) is 2.39. The second kappa shape index (κ2) is 15.2. The first kappa shape index (κ1) is 36.2. The molecule has 2 aliphatic heterocycles. The number of unbranched alkanes of at least 4 members (excludes halogenated alkanes) is 2. The van der Waals surface area contributed by atoms with Crippen LogP contribution in [0.2, 0.25) is 0 Å². The van der Waals surface area contributed by atoms with Crippen molar-refractivity contribution in [1.82, 2.24) is 0 Å². The van der Waals surface area contributed by atoms with E-state index in [1.54, 1.807) is 22.7 Å². The predicted octanol–water partition coefficient (Wildman–Crippen LogP) is 10.1. The monoisotopic (exact) mass is 704 g/mol. The number of esters is 1. The maximum atomic E-state index is 11.5. The highest BCUT2D eigenvalue weighted by Gasteiger charge is 2.45. The van der Waals surface area contributed by atoms with E-state index in [0.29, 0.717) is 5.57 Å². The molecule has 256 valence electrons. The van der Waals surface area contributed by atoms with Crippen molar-refractivity contribution < 1.29 is 19.0 Å². The standard InChI is InChI=1S/C40H40N4O4S2/c1-7-10-18-40(19-11-8-2)31-20-29(17-14-26-12-15-28(16-13-26)44(6)25-46-34(45)9-3)49-37(31)38-32(47-40)21-33(50-38)35-30(24-43)36(27(22-41)23-42)48-39(35,4)5/h9,12-17,20-21H,3,7-8,10-11,18-19,25H2,1-2,4-6H3/b17-14+. The van der Waals surface area contributed by atoms with Crippen LogP contribution in [-0.4, -0.2) is 25.3 Å². The minimum Gasteiger partial charge on any atom is -0.481 e. The zero-order valence-electron chi connectivity index (χ0n) is 29.1. The zero-order valence-corrected chi connectivity index (χ0v) is 30.7. The van der Waals surface area contributed by atoms with Gasteiger partial charge in [0.2, 0.25) is 0 Å². The van der Waals surface area contributed by atoms with Crippen LogP contribution in [0, 0.1) is 34.0 Å². The molecule has 3 aromatic rings. The van der Waals surface area contributed by atoms with Gasteiger partial charge in [-0.2, -0.15) is 15.8 Å². The third-order valence-corrected chi connectivity index (χ3v) is 11.3. The average Bonchev–Trinajstić information content (AvgIpc) is 3.81. The minimum absolute atomic E-state index is 0.0325. The summed E-state index contributed by atoms with van der Waals surface area (Å²) in [7, 11) is 1.86. The number of benzene rings is 1. The van der Waals surface area contributed by atoms with E-state index in [1.807, 2.05) is 68.3 Å². The Morgan fingerprint density at radius 2 is 1.66 bits per heavy atom. The van der Waals surface area contributed by atoms with Crippen molar-refractivity contribution in [2.24, 2.45) is 0 Å². The van der Waals surface area contributed by atoms with Gasteiger partial charge in [-0.25, -0.2) is 4.79 Å². The van der Waals surface area contributed by atoms with Gasteiger partial charge < -0.3 is 19.1 Å². The van der Waals surface area contributed by atoms with Gasteiger partial charge in [-0.3, -0.25) is 0 Å². The molecule has 0 N–H and O–H groups in total. The van der Waals surface area contributed by atoms with Crippen LogP contribution >= 0.6 is 22.7 Å². The van der Waals surface area contributed by atoms with Gasteiger partial charge in [0.25, 0.3) is 0 Å². The lowest BCUT2D eigenvalue weighted by Crippen LogP contribution is -2.35. The van der Waals surface area contributed by atoms with Crippen molar-refractivity contribution in [3.8, 4) is 33.7 Å². The number of nitrogens with zero attached hydrogens (tertiary/aromatic N) is 4. The summed E-state index contributed by atoms with van der Waals surface area (Å²) >= 11 is 3.29. The molecule has 10 heteroatoms. The van der Waals surface area contributed by atoms with Crippen LogP contribution in [0.3, 0.4) is 0 Å². The second-order valence-corrected chi connectivity index (χ2v) is 15.0. The smallest absolute Gasteiger partial charge is 0.331 e. The quantitative estimate of drug-likeness (QED) is 0.0746. The number of hydrogen-bond acceptors (Lipinski definition) is 10. The largest absolute Gasteiger partial charge is 0.481 e. The van der Waals surface area contributed by atoms with Crippen molar-refractivity contribution in [2.75, 3.05) is 18.7 Å². The number of hydrogen-bond donors (Lipinski definition) is 0. The van der Waals surface area contributed by atoms with E-state index in [-0.39, 0.29) is 23.6 Å². The summed E-state index contributed by atoms with van der Waals surface area (Å²) in [6.07, 6.45) is 11.3. The molecule has 50 heavy (non-hydrogen) atoms. The van der Waals surface area contributed by atoms with E-state index >= 15 is 0 Å². The SMILES string of the molecule is C=CC(=O)OCN(C)c1ccc(/C=C/c2cc3c(s2)-c2sc(C4=C(C#N)C(=C(C#N)C#N)OC4(C)C)cc2OC3(CCCC)CCCC)cc1. The molecule has 8 nitrogen and oxygen atoms in total. The molecular formula is C40H40N4O4S2. The molecule has 0 unspecified atom stereocenters. The number of ether oxygens (including phenoxy) is 3. The Morgan fingerprint density at radius 3 is 2.26 bits per heavy atom. The molecular weight excluding hydrogens is 665 g/mol. The highest BCUT2D eigenvalue weighted by atomic mass is 32.1. The Kier molecular flexibility index (Phi) is 11.0. The molecule has 0 radical (unpaired) electrons. The van der Waals surface area contributed by atoms with Crippen LogP contribution in [0.5, 0.6) is 5.75 Å². The van der Waals surface area contributed by atoms with Crippen LogP contribution in [0.25, 0.3) is 27.5 Å². The summed E-state index contributed by atoms with van der Waals surface area (Å²) in [6.45, 7) is 11.7. The Morgan fingerprint density at radius 1 is 0.980 bits per heavy atom. The van der Waals surface area contributed by atoms with Crippen LogP contribution in [-0.2, 0) is 19.9 Å². The highest BCUT2D eigenvalue weighted by molar-refractivity contribution is 7.23. The number of fused-ring (bicyclic) bond motifs is 3. The van der Waals surface area contributed by atoms with Gasteiger partial charge in [0, 0.05) is 39.7 Å². The fourth-order valence-corrected chi connectivity index (χ4v) is 8.92. The number of thiophene rings is 2. The molecule has 0 amide bonds. The molecule has 0 aliphatic carbocycles. The Hall–Kier alpha value is -5.08. The van der Waals surface area contributed by atoms with Crippen molar-refractivity contribution in [2.45, 2.75) is 77.4 Å². The number of anilines is 1. The lowest BCUT2D eigenvalue weighted by molar-refractivity contribution is -0.137. The molecule has 1 aromatic carbocycles. The van der Waals surface area contributed by atoms with Crippen molar-refractivity contribution in [3.63, 3.8) is 0 Å². The van der Waals surface area contributed by atoms with Gasteiger partial charge in [-0.1, -0.05) is 51.5 Å². The first-order valence-electron chi connectivity index (χ1n) is 16.7. The molecule has 0 spiro atoms. The maximum absolute atomic E-state index is 11.5. The Balaban J connectivity index is 1.56. The third kappa shape index (κ3) is 7.12. The topological polar surface area (TPSA) is 119 Å². The summed E-state index contributed by atoms with van der Waals surface area (Å²) in [6, 6.07) is 18.3. The molecule has 4 heterocycles. The summed E-state index contributed by atoms with van der Waals surface area (Å²) in [5.74, 6) is 0.362. The summed E-state index contributed by atoms with van der Waals surface area (Å²) in [5, 5.41) is 29.4. The van der Waals surface area contributed by atoms with E-state index in [2.05, 4.69) is 44.7 Å².